The highest BCUT2D eigenvalue weighted by Crippen LogP contribution is 2.24. The van der Waals surface area contributed by atoms with Crippen molar-refractivity contribution < 1.29 is 0 Å². The van der Waals surface area contributed by atoms with Crippen molar-refractivity contribution in [2.45, 2.75) is 26.1 Å². The highest BCUT2D eigenvalue weighted by atomic mass is 15.2. The van der Waals surface area contributed by atoms with Crippen LogP contribution in [0.25, 0.3) is 10.8 Å². The average Bonchev–Trinajstić information content (AvgIpc) is 3.04. The van der Waals surface area contributed by atoms with Gasteiger partial charge in [-0.05, 0) is 35.1 Å². The predicted molar refractivity (Wildman–Crippen MR) is 98.7 cm³/mol. The fourth-order valence-corrected chi connectivity index (χ4v) is 3.64. The van der Waals surface area contributed by atoms with Crippen molar-refractivity contribution in [2.24, 2.45) is 0 Å². The molecule has 3 aromatic rings. The maximum Gasteiger partial charge on any atom is 0.0346 e. The molecule has 0 amide bonds. The number of hydrogen-bond donors (Lipinski definition) is 1. The lowest BCUT2D eigenvalue weighted by Gasteiger charge is -2.20. The summed E-state index contributed by atoms with van der Waals surface area (Å²) in [5.74, 6) is 0. The molecule has 1 N–H and O–H groups in total. The van der Waals surface area contributed by atoms with Crippen molar-refractivity contribution >= 4 is 10.8 Å². The second kappa shape index (κ2) is 6.71. The minimum Gasteiger partial charge on any atom is -0.309 e. The third-order valence-electron chi connectivity index (χ3n) is 4.97. The summed E-state index contributed by atoms with van der Waals surface area (Å²) in [7, 11) is 0. The summed E-state index contributed by atoms with van der Waals surface area (Å²) in [6, 6.07) is 17.7. The minimum atomic E-state index is 0.334. The Kier molecular flexibility index (Phi) is 4.28. The monoisotopic (exact) mass is 317 g/mol. The van der Waals surface area contributed by atoms with Gasteiger partial charge in [-0.1, -0.05) is 42.5 Å². The van der Waals surface area contributed by atoms with Crippen LogP contribution in [0.15, 0.2) is 60.9 Å². The SMILES string of the molecule is CC(NCCN1Cc2ccccc2C1)c1cccc2cnccc12. The van der Waals surface area contributed by atoms with E-state index < -0.39 is 0 Å². The van der Waals surface area contributed by atoms with Crippen LogP contribution in [0, 0.1) is 0 Å². The third-order valence-corrected chi connectivity index (χ3v) is 4.97. The van der Waals surface area contributed by atoms with E-state index in [1.165, 1.54) is 27.5 Å². The zero-order chi connectivity index (χ0) is 16.4. The molecule has 0 aliphatic carbocycles. The van der Waals surface area contributed by atoms with Crippen LogP contribution in [0.5, 0.6) is 0 Å². The first-order valence-corrected chi connectivity index (χ1v) is 8.66. The number of nitrogens with zero attached hydrogens (tertiary/aromatic N) is 2. The van der Waals surface area contributed by atoms with E-state index in [0.29, 0.717) is 6.04 Å². The number of fused-ring (bicyclic) bond motifs is 2. The lowest BCUT2D eigenvalue weighted by molar-refractivity contribution is 0.279. The van der Waals surface area contributed by atoms with Crippen LogP contribution in [-0.2, 0) is 13.1 Å². The van der Waals surface area contributed by atoms with Gasteiger partial charge in [-0.15, -0.1) is 0 Å². The molecule has 122 valence electrons. The topological polar surface area (TPSA) is 28.2 Å². The maximum absolute atomic E-state index is 4.22. The summed E-state index contributed by atoms with van der Waals surface area (Å²) < 4.78 is 0. The maximum atomic E-state index is 4.22. The van der Waals surface area contributed by atoms with E-state index in [1.807, 2.05) is 12.4 Å². The van der Waals surface area contributed by atoms with E-state index in [9.17, 15) is 0 Å². The molecule has 24 heavy (non-hydrogen) atoms. The number of benzene rings is 2. The van der Waals surface area contributed by atoms with E-state index in [1.54, 1.807) is 0 Å². The van der Waals surface area contributed by atoms with E-state index >= 15 is 0 Å². The van der Waals surface area contributed by atoms with Crippen molar-refractivity contribution in [3.63, 3.8) is 0 Å². The molecule has 3 nitrogen and oxygen atoms in total. The van der Waals surface area contributed by atoms with Gasteiger partial charge in [0.2, 0.25) is 0 Å². The van der Waals surface area contributed by atoms with Crippen LogP contribution >= 0.6 is 0 Å². The Hall–Kier alpha value is -2.23. The first-order chi connectivity index (χ1) is 11.8. The average molecular weight is 317 g/mol. The lowest BCUT2D eigenvalue weighted by atomic mass is 10.0. The fraction of sp³-hybridized carbons (Fsp3) is 0.286. The van der Waals surface area contributed by atoms with Gasteiger partial charge in [-0.25, -0.2) is 0 Å². The van der Waals surface area contributed by atoms with Gasteiger partial charge >= 0.3 is 0 Å². The van der Waals surface area contributed by atoms with Crippen LogP contribution in [0.3, 0.4) is 0 Å². The van der Waals surface area contributed by atoms with Gasteiger partial charge in [0.25, 0.3) is 0 Å². The normalized spacial score (nSPS) is 15.5. The molecule has 3 heteroatoms. The third kappa shape index (κ3) is 3.05. The number of nitrogens with one attached hydrogen (secondary N) is 1. The zero-order valence-corrected chi connectivity index (χ0v) is 14.1. The van der Waals surface area contributed by atoms with Crippen LogP contribution in [0.1, 0.15) is 29.7 Å². The molecular formula is C21H23N3. The van der Waals surface area contributed by atoms with Gasteiger partial charge < -0.3 is 5.32 Å². The number of aromatic nitrogens is 1. The molecule has 0 radical (unpaired) electrons. The second-order valence-corrected chi connectivity index (χ2v) is 6.60. The van der Waals surface area contributed by atoms with Crippen LogP contribution in [0.4, 0.5) is 0 Å². The number of pyridine rings is 1. The molecule has 4 rings (SSSR count). The second-order valence-electron chi connectivity index (χ2n) is 6.60. The van der Waals surface area contributed by atoms with Crippen molar-refractivity contribution in [2.75, 3.05) is 13.1 Å². The van der Waals surface area contributed by atoms with E-state index in [2.05, 4.69) is 70.7 Å². The van der Waals surface area contributed by atoms with E-state index in [-0.39, 0.29) is 0 Å². The van der Waals surface area contributed by atoms with Crippen LogP contribution in [0.2, 0.25) is 0 Å². The Morgan fingerprint density at radius 3 is 2.62 bits per heavy atom. The summed E-state index contributed by atoms with van der Waals surface area (Å²) in [6.45, 7) is 6.47. The minimum absolute atomic E-state index is 0.334. The molecule has 0 saturated heterocycles. The van der Waals surface area contributed by atoms with Crippen molar-refractivity contribution in [3.8, 4) is 0 Å². The molecule has 1 aliphatic rings. The molecule has 1 aliphatic heterocycles. The predicted octanol–water partition coefficient (Wildman–Crippen LogP) is 3.90. The molecule has 1 atom stereocenters. The van der Waals surface area contributed by atoms with Crippen LogP contribution in [-0.4, -0.2) is 23.0 Å². The summed E-state index contributed by atoms with van der Waals surface area (Å²) >= 11 is 0. The summed E-state index contributed by atoms with van der Waals surface area (Å²) in [4.78, 5) is 6.73. The summed E-state index contributed by atoms with van der Waals surface area (Å²) in [6.07, 6.45) is 3.81. The van der Waals surface area contributed by atoms with E-state index in [0.717, 1.165) is 26.2 Å². The van der Waals surface area contributed by atoms with Crippen molar-refractivity contribution in [1.82, 2.24) is 15.2 Å². The summed E-state index contributed by atoms with van der Waals surface area (Å²) in [5, 5.41) is 6.18. The Morgan fingerprint density at radius 1 is 1.04 bits per heavy atom. The highest BCUT2D eigenvalue weighted by Gasteiger charge is 2.17. The molecule has 0 fully saturated rings. The van der Waals surface area contributed by atoms with Gasteiger partial charge in [-0.3, -0.25) is 9.88 Å². The Balaban J connectivity index is 1.36. The van der Waals surface area contributed by atoms with Crippen LogP contribution < -0.4 is 5.32 Å². The molecule has 0 saturated carbocycles. The van der Waals surface area contributed by atoms with Crippen molar-refractivity contribution in [3.05, 3.63) is 77.6 Å². The Bertz CT molecular complexity index is 813. The summed E-state index contributed by atoms with van der Waals surface area (Å²) in [5.41, 5.74) is 4.30. The largest absolute Gasteiger partial charge is 0.309 e. The fourth-order valence-electron chi connectivity index (χ4n) is 3.64. The number of rotatable bonds is 5. The molecule has 1 aromatic heterocycles. The molecule has 0 spiro atoms. The Morgan fingerprint density at radius 2 is 1.83 bits per heavy atom. The molecule has 0 bridgehead atoms. The zero-order valence-electron chi connectivity index (χ0n) is 14.1. The first-order valence-electron chi connectivity index (χ1n) is 8.66. The molecule has 1 unspecified atom stereocenters. The van der Waals surface area contributed by atoms with Gasteiger partial charge in [0.05, 0.1) is 0 Å². The quantitative estimate of drug-likeness (QED) is 0.773. The highest BCUT2D eigenvalue weighted by molar-refractivity contribution is 5.85. The molecule has 2 aromatic carbocycles. The molecular weight excluding hydrogens is 294 g/mol. The number of hydrogen-bond acceptors (Lipinski definition) is 3. The smallest absolute Gasteiger partial charge is 0.0346 e. The van der Waals surface area contributed by atoms with Gasteiger partial charge in [-0.2, -0.15) is 0 Å². The first kappa shape index (κ1) is 15.3. The van der Waals surface area contributed by atoms with Gasteiger partial charge in [0.15, 0.2) is 0 Å². The Labute approximate surface area is 143 Å². The van der Waals surface area contributed by atoms with Crippen molar-refractivity contribution in [1.29, 1.82) is 0 Å². The van der Waals surface area contributed by atoms with E-state index in [4.69, 9.17) is 0 Å². The molecule has 2 heterocycles. The standard InChI is InChI=1S/C21H23N3/c1-16(20-8-4-7-17-13-22-10-9-21(17)20)23-11-12-24-14-18-5-2-3-6-19(18)15-24/h2-10,13,16,23H,11-12,14-15H2,1H3. The lowest BCUT2D eigenvalue weighted by Crippen LogP contribution is -2.30. The van der Waals surface area contributed by atoms with Gasteiger partial charge in [0.1, 0.15) is 0 Å². The van der Waals surface area contributed by atoms with Gasteiger partial charge in [0, 0.05) is 50.0 Å².